The van der Waals surface area contributed by atoms with Crippen molar-refractivity contribution in [3.05, 3.63) is 24.0 Å². The van der Waals surface area contributed by atoms with E-state index in [0.717, 1.165) is 38.2 Å². The van der Waals surface area contributed by atoms with Gasteiger partial charge in [-0.15, -0.1) is 0 Å². The maximum Gasteiger partial charge on any atom is 0.0723 e. The van der Waals surface area contributed by atoms with Crippen molar-refractivity contribution < 1.29 is 4.74 Å². The topological polar surface area (TPSA) is 37.4 Å². The molecule has 3 unspecified atom stereocenters. The average Bonchev–Trinajstić information content (AvgIpc) is 2.53. The van der Waals surface area contributed by atoms with Gasteiger partial charge >= 0.3 is 0 Å². The van der Waals surface area contributed by atoms with Gasteiger partial charge in [0.2, 0.25) is 0 Å². The minimum absolute atomic E-state index is 0.289. The number of anilines is 1. The van der Waals surface area contributed by atoms with E-state index in [2.05, 4.69) is 50.0 Å². The predicted molar refractivity (Wildman–Crippen MR) is 87.8 cm³/mol. The number of hydrogen-bond donors (Lipinski definition) is 1. The van der Waals surface area contributed by atoms with Gasteiger partial charge in [-0.2, -0.15) is 0 Å². The summed E-state index contributed by atoms with van der Waals surface area (Å²) in [6, 6.07) is 5.20. The summed E-state index contributed by atoms with van der Waals surface area (Å²) in [4.78, 5) is 7.14. The van der Waals surface area contributed by atoms with Crippen LogP contribution >= 0.6 is 0 Å². The summed E-state index contributed by atoms with van der Waals surface area (Å²) in [5.74, 6) is 0. The molecule has 1 aromatic rings. The van der Waals surface area contributed by atoms with E-state index in [1.165, 1.54) is 5.69 Å². The fourth-order valence-corrected chi connectivity index (χ4v) is 2.98. The summed E-state index contributed by atoms with van der Waals surface area (Å²) in [6.07, 6.45) is 4.48. The van der Waals surface area contributed by atoms with Crippen LogP contribution in [0.3, 0.4) is 0 Å². The lowest BCUT2D eigenvalue weighted by Crippen LogP contribution is -2.48. The molecule has 1 aliphatic heterocycles. The average molecular weight is 291 g/mol. The molecular formula is C17H29N3O. The minimum Gasteiger partial charge on any atom is -0.375 e. The SMILES string of the molecule is CCNC(CC)c1ccc(N2CC(C)OCC2CC)cn1. The third kappa shape index (κ3) is 3.95. The van der Waals surface area contributed by atoms with Gasteiger partial charge in [0, 0.05) is 12.6 Å². The molecular weight excluding hydrogens is 262 g/mol. The molecule has 2 heterocycles. The first-order valence-corrected chi connectivity index (χ1v) is 8.27. The molecule has 118 valence electrons. The summed E-state index contributed by atoms with van der Waals surface area (Å²) in [5.41, 5.74) is 2.35. The fraction of sp³-hybridized carbons (Fsp3) is 0.706. The van der Waals surface area contributed by atoms with Crippen molar-refractivity contribution in [1.82, 2.24) is 10.3 Å². The lowest BCUT2D eigenvalue weighted by molar-refractivity contribution is 0.0299. The highest BCUT2D eigenvalue weighted by Crippen LogP contribution is 2.24. The van der Waals surface area contributed by atoms with E-state index >= 15 is 0 Å². The second-order valence-electron chi connectivity index (χ2n) is 5.82. The van der Waals surface area contributed by atoms with Crippen LogP contribution in [0.5, 0.6) is 0 Å². The number of pyridine rings is 1. The van der Waals surface area contributed by atoms with Gasteiger partial charge in [0.05, 0.1) is 36.3 Å². The monoisotopic (exact) mass is 291 g/mol. The van der Waals surface area contributed by atoms with E-state index in [0.29, 0.717) is 12.1 Å². The molecule has 1 aromatic heterocycles. The van der Waals surface area contributed by atoms with E-state index in [-0.39, 0.29) is 6.10 Å². The molecule has 0 aliphatic carbocycles. The summed E-state index contributed by atoms with van der Waals surface area (Å²) in [6.45, 7) is 11.4. The smallest absolute Gasteiger partial charge is 0.0723 e. The number of nitrogens with one attached hydrogen (secondary N) is 1. The molecule has 1 saturated heterocycles. The molecule has 1 fully saturated rings. The Hall–Kier alpha value is -1.13. The first kappa shape index (κ1) is 16.2. The van der Waals surface area contributed by atoms with Gasteiger partial charge < -0.3 is 15.0 Å². The zero-order valence-electron chi connectivity index (χ0n) is 13.8. The zero-order chi connectivity index (χ0) is 15.2. The predicted octanol–water partition coefficient (Wildman–Crippen LogP) is 3.15. The van der Waals surface area contributed by atoms with Gasteiger partial charge in [0.25, 0.3) is 0 Å². The van der Waals surface area contributed by atoms with Crippen molar-refractivity contribution in [2.24, 2.45) is 0 Å². The number of nitrogens with zero attached hydrogens (tertiary/aromatic N) is 2. The van der Waals surface area contributed by atoms with Crippen LogP contribution in [0, 0.1) is 0 Å². The van der Waals surface area contributed by atoms with Crippen LogP contribution in [0.15, 0.2) is 18.3 Å². The van der Waals surface area contributed by atoms with Crippen LogP contribution in [0.1, 0.15) is 52.3 Å². The lowest BCUT2D eigenvalue weighted by atomic mass is 10.1. The number of aromatic nitrogens is 1. The van der Waals surface area contributed by atoms with Crippen LogP contribution in [-0.2, 0) is 4.74 Å². The Morgan fingerprint density at radius 3 is 2.76 bits per heavy atom. The Morgan fingerprint density at radius 2 is 2.19 bits per heavy atom. The summed E-state index contributed by atoms with van der Waals surface area (Å²) >= 11 is 0. The molecule has 4 nitrogen and oxygen atoms in total. The zero-order valence-corrected chi connectivity index (χ0v) is 13.8. The second kappa shape index (κ2) is 7.76. The third-order valence-electron chi connectivity index (χ3n) is 4.26. The van der Waals surface area contributed by atoms with Crippen LogP contribution in [0.2, 0.25) is 0 Å². The van der Waals surface area contributed by atoms with E-state index < -0.39 is 0 Å². The Morgan fingerprint density at radius 1 is 1.38 bits per heavy atom. The van der Waals surface area contributed by atoms with Crippen molar-refractivity contribution in [2.45, 2.75) is 58.7 Å². The first-order chi connectivity index (χ1) is 10.2. The molecule has 0 amide bonds. The second-order valence-corrected chi connectivity index (χ2v) is 5.82. The lowest BCUT2D eigenvalue weighted by Gasteiger charge is -2.39. The molecule has 4 heteroatoms. The summed E-state index contributed by atoms with van der Waals surface area (Å²) in [7, 11) is 0. The highest BCUT2D eigenvalue weighted by Gasteiger charge is 2.26. The Balaban J connectivity index is 2.13. The molecule has 0 saturated carbocycles. The molecule has 0 aromatic carbocycles. The largest absolute Gasteiger partial charge is 0.375 e. The van der Waals surface area contributed by atoms with Crippen LogP contribution < -0.4 is 10.2 Å². The molecule has 21 heavy (non-hydrogen) atoms. The van der Waals surface area contributed by atoms with Gasteiger partial charge in [-0.1, -0.05) is 20.8 Å². The van der Waals surface area contributed by atoms with Crippen LogP contribution in [0.4, 0.5) is 5.69 Å². The molecule has 0 bridgehead atoms. The van der Waals surface area contributed by atoms with Crippen molar-refractivity contribution in [1.29, 1.82) is 0 Å². The van der Waals surface area contributed by atoms with Crippen molar-refractivity contribution in [3.63, 3.8) is 0 Å². The number of morpholine rings is 1. The Bertz CT molecular complexity index is 421. The van der Waals surface area contributed by atoms with Crippen molar-refractivity contribution >= 4 is 5.69 Å². The Kier molecular flexibility index (Phi) is 6.00. The quantitative estimate of drug-likeness (QED) is 0.873. The molecule has 2 rings (SSSR count). The number of hydrogen-bond acceptors (Lipinski definition) is 4. The highest BCUT2D eigenvalue weighted by molar-refractivity contribution is 5.46. The van der Waals surface area contributed by atoms with Gasteiger partial charge in [-0.3, -0.25) is 4.98 Å². The van der Waals surface area contributed by atoms with Crippen LogP contribution in [0.25, 0.3) is 0 Å². The standard InChI is InChI=1S/C17H29N3O/c1-5-14-12-21-13(4)11-20(14)15-8-9-17(19-10-15)16(6-2)18-7-3/h8-10,13-14,16,18H,5-7,11-12H2,1-4H3. The first-order valence-electron chi connectivity index (χ1n) is 8.27. The third-order valence-corrected chi connectivity index (χ3v) is 4.26. The Labute approximate surface area is 128 Å². The van der Waals surface area contributed by atoms with E-state index in [1.54, 1.807) is 0 Å². The summed E-state index contributed by atoms with van der Waals surface area (Å²) < 4.78 is 5.77. The van der Waals surface area contributed by atoms with Crippen molar-refractivity contribution in [3.8, 4) is 0 Å². The van der Waals surface area contributed by atoms with E-state index in [4.69, 9.17) is 9.72 Å². The summed E-state index contributed by atoms with van der Waals surface area (Å²) in [5, 5.41) is 3.48. The molecule has 1 N–H and O–H groups in total. The molecule has 0 spiro atoms. The molecule has 0 radical (unpaired) electrons. The van der Waals surface area contributed by atoms with Gasteiger partial charge in [0.15, 0.2) is 0 Å². The minimum atomic E-state index is 0.289. The van der Waals surface area contributed by atoms with Gasteiger partial charge in [-0.25, -0.2) is 0 Å². The maximum atomic E-state index is 5.77. The number of rotatable bonds is 6. The van der Waals surface area contributed by atoms with E-state index in [9.17, 15) is 0 Å². The maximum absolute atomic E-state index is 5.77. The normalized spacial score (nSPS) is 24.1. The van der Waals surface area contributed by atoms with Gasteiger partial charge in [-0.05, 0) is 38.4 Å². The molecule has 1 aliphatic rings. The highest BCUT2D eigenvalue weighted by atomic mass is 16.5. The van der Waals surface area contributed by atoms with Gasteiger partial charge in [0.1, 0.15) is 0 Å². The van der Waals surface area contributed by atoms with Crippen LogP contribution in [-0.4, -0.2) is 36.8 Å². The van der Waals surface area contributed by atoms with Crippen molar-refractivity contribution in [2.75, 3.05) is 24.6 Å². The fourth-order valence-electron chi connectivity index (χ4n) is 2.98. The number of ether oxygens (including phenoxy) is 1. The van der Waals surface area contributed by atoms with E-state index in [1.807, 2.05) is 6.20 Å². The molecule has 3 atom stereocenters.